The molecule has 1 fully saturated rings. The van der Waals surface area contributed by atoms with E-state index in [9.17, 15) is 4.79 Å². The first-order chi connectivity index (χ1) is 9.57. The monoisotopic (exact) mass is 299 g/mol. The smallest absolute Gasteiger partial charge is 0.323 e. The van der Waals surface area contributed by atoms with Crippen molar-refractivity contribution < 1.29 is 19.0 Å². The van der Waals surface area contributed by atoms with Gasteiger partial charge in [-0.25, -0.2) is 0 Å². The lowest BCUT2D eigenvalue weighted by Gasteiger charge is -2.26. The third kappa shape index (κ3) is 3.50. The highest BCUT2D eigenvalue weighted by Gasteiger charge is 2.39. The molecule has 0 aromatic carbocycles. The van der Waals surface area contributed by atoms with Crippen LogP contribution < -0.4 is 9.47 Å². The van der Waals surface area contributed by atoms with Gasteiger partial charge in [-0.3, -0.25) is 4.79 Å². The summed E-state index contributed by atoms with van der Waals surface area (Å²) in [5, 5.41) is 0.428. The van der Waals surface area contributed by atoms with Crippen molar-refractivity contribution in [2.45, 2.75) is 42.7 Å². The molecule has 0 atom stereocenters. The van der Waals surface area contributed by atoms with E-state index >= 15 is 0 Å². The Hall–Kier alpha value is -1.57. The van der Waals surface area contributed by atoms with Crippen molar-refractivity contribution in [1.29, 1.82) is 0 Å². The molecule has 0 saturated heterocycles. The lowest BCUT2D eigenvalue weighted by Crippen LogP contribution is -2.27. The third-order valence-electron chi connectivity index (χ3n) is 2.91. The Morgan fingerprint density at radius 3 is 2.10 bits per heavy atom. The number of nitrogens with zero attached hydrogens (tertiary/aromatic N) is 3. The van der Waals surface area contributed by atoms with Crippen molar-refractivity contribution in [3.63, 3.8) is 0 Å². The first-order valence-corrected chi connectivity index (χ1v) is 7.11. The summed E-state index contributed by atoms with van der Waals surface area (Å²) >= 11 is 1.32. The maximum absolute atomic E-state index is 11.3. The van der Waals surface area contributed by atoms with E-state index in [2.05, 4.69) is 15.0 Å². The first-order valence-electron chi connectivity index (χ1n) is 6.29. The molecule has 1 saturated carbocycles. The van der Waals surface area contributed by atoms with Crippen molar-refractivity contribution in [2.75, 3.05) is 14.2 Å². The van der Waals surface area contributed by atoms with Gasteiger partial charge in [-0.1, -0.05) is 0 Å². The minimum atomic E-state index is -0.594. The molecule has 0 radical (unpaired) electrons. The molecule has 0 bridgehead atoms. The molecular weight excluding hydrogens is 282 g/mol. The number of rotatable bonds is 5. The lowest BCUT2D eigenvalue weighted by molar-refractivity contribution is -0.148. The number of hydrogen-bond acceptors (Lipinski definition) is 8. The van der Waals surface area contributed by atoms with Gasteiger partial charge in [-0.15, -0.1) is 4.98 Å². The number of carbonyl (C=O) groups is 1. The molecule has 0 N–H and O–H groups in total. The second kappa shape index (κ2) is 6.25. The van der Waals surface area contributed by atoms with E-state index in [-0.39, 0.29) is 18.0 Å². The summed E-state index contributed by atoms with van der Waals surface area (Å²) in [7, 11) is 2.95. The van der Waals surface area contributed by atoms with Crippen LogP contribution in [0.4, 0.5) is 0 Å². The highest BCUT2D eigenvalue weighted by molar-refractivity contribution is 8.00. The predicted molar refractivity (Wildman–Crippen MR) is 71.8 cm³/mol. The summed E-state index contributed by atoms with van der Waals surface area (Å²) in [5.74, 6) is -0.299. The molecule has 0 unspecified atom stereocenters. The molecule has 8 heteroatoms. The maximum Gasteiger partial charge on any atom is 0.323 e. The Morgan fingerprint density at radius 1 is 1.10 bits per heavy atom. The Morgan fingerprint density at radius 2 is 1.65 bits per heavy atom. The number of esters is 1. The summed E-state index contributed by atoms with van der Waals surface area (Å²) in [4.78, 5) is 23.0. The Labute approximate surface area is 121 Å². The normalized spacial score (nSPS) is 16.8. The number of ether oxygens (including phenoxy) is 3. The van der Waals surface area contributed by atoms with Crippen molar-refractivity contribution in [3.8, 4) is 12.0 Å². The molecule has 0 amide bonds. The maximum atomic E-state index is 11.3. The van der Waals surface area contributed by atoms with Crippen LogP contribution in [-0.4, -0.2) is 40.1 Å². The number of thioether (sulfide) groups is 1. The van der Waals surface area contributed by atoms with Gasteiger partial charge in [0.25, 0.3) is 0 Å². The standard InChI is InChI=1S/C12H17N3O4S/c1-8(16)19-12(6-4-5-7-12)20-11-14-9(17-2)13-10(15-11)18-3/h4-7H2,1-3H3. The van der Waals surface area contributed by atoms with E-state index in [1.54, 1.807) is 0 Å². The van der Waals surface area contributed by atoms with Crippen LogP contribution in [0.1, 0.15) is 32.6 Å². The van der Waals surface area contributed by atoms with E-state index in [1.165, 1.54) is 32.9 Å². The minimum Gasteiger partial charge on any atom is -0.467 e. The average molecular weight is 299 g/mol. The molecule has 20 heavy (non-hydrogen) atoms. The van der Waals surface area contributed by atoms with Crippen molar-refractivity contribution in [1.82, 2.24) is 15.0 Å². The van der Waals surface area contributed by atoms with Crippen LogP contribution in [0.5, 0.6) is 12.0 Å². The van der Waals surface area contributed by atoms with Crippen molar-refractivity contribution in [2.24, 2.45) is 0 Å². The molecule has 110 valence electrons. The predicted octanol–water partition coefficient (Wildman–Crippen LogP) is 1.81. The van der Waals surface area contributed by atoms with Gasteiger partial charge < -0.3 is 14.2 Å². The topological polar surface area (TPSA) is 83.4 Å². The van der Waals surface area contributed by atoms with Gasteiger partial charge in [0.15, 0.2) is 4.93 Å². The fourth-order valence-electron chi connectivity index (χ4n) is 2.12. The Bertz CT molecular complexity index is 469. The highest BCUT2D eigenvalue weighted by atomic mass is 32.2. The molecular formula is C12H17N3O4S. The second-order valence-corrected chi connectivity index (χ2v) is 5.72. The zero-order chi connectivity index (χ0) is 14.6. The Balaban J connectivity index is 2.24. The number of methoxy groups -OCH3 is 2. The van der Waals surface area contributed by atoms with Crippen LogP contribution in [0.3, 0.4) is 0 Å². The summed E-state index contributed by atoms with van der Waals surface area (Å²) < 4.78 is 15.5. The van der Waals surface area contributed by atoms with E-state index in [4.69, 9.17) is 14.2 Å². The molecule has 1 aliphatic rings. The van der Waals surface area contributed by atoms with Gasteiger partial charge in [0.1, 0.15) is 0 Å². The van der Waals surface area contributed by atoms with E-state index < -0.39 is 4.93 Å². The molecule has 2 rings (SSSR count). The fraction of sp³-hybridized carbons (Fsp3) is 0.667. The molecule has 7 nitrogen and oxygen atoms in total. The van der Waals surface area contributed by atoms with Gasteiger partial charge in [-0.05, 0) is 37.4 Å². The van der Waals surface area contributed by atoms with Gasteiger partial charge in [-0.2, -0.15) is 9.97 Å². The van der Waals surface area contributed by atoms with E-state index in [0.717, 1.165) is 25.7 Å². The largest absolute Gasteiger partial charge is 0.467 e. The van der Waals surface area contributed by atoms with Crippen LogP contribution in [0.25, 0.3) is 0 Å². The fourth-order valence-corrected chi connectivity index (χ4v) is 3.35. The quantitative estimate of drug-likeness (QED) is 0.601. The molecule has 1 aliphatic carbocycles. The summed E-state index contributed by atoms with van der Waals surface area (Å²) in [6, 6.07) is 0.352. The highest BCUT2D eigenvalue weighted by Crippen LogP contribution is 2.45. The van der Waals surface area contributed by atoms with Crippen LogP contribution in [-0.2, 0) is 9.53 Å². The minimum absolute atomic E-state index is 0.176. The molecule has 1 aromatic rings. The van der Waals surface area contributed by atoms with E-state index in [0.29, 0.717) is 5.16 Å². The average Bonchev–Trinajstić information content (AvgIpc) is 2.85. The van der Waals surface area contributed by atoms with Crippen LogP contribution in [0.2, 0.25) is 0 Å². The van der Waals surface area contributed by atoms with E-state index in [1.807, 2.05) is 0 Å². The molecule has 1 heterocycles. The van der Waals surface area contributed by atoms with Crippen LogP contribution in [0, 0.1) is 0 Å². The SMILES string of the molecule is COc1nc(OC)nc(SC2(OC(C)=O)CCCC2)n1. The number of hydrogen-bond donors (Lipinski definition) is 0. The molecule has 1 aromatic heterocycles. The summed E-state index contributed by atoms with van der Waals surface area (Å²) in [6.07, 6.45) is 3.60. The zero-order valence-electron chi connectivity index (χ0n) is 11.7. The van der Waals surface area contributed by atoms with Gasteiger partial charge >= 0.3 is 18.0 Å². The van der Waals surface area contributed by atoms with Crippen LogP contribution >= 0.6 is 11.8 Å². The zero-order valence-corrected chi connectivity index (χ0v) is 12.5. The van der Waals surface area contributed by atoms with Crippen molar-refractivity contribution >= 4 is 17.7 Å². The second-order valence-electron chi connectivity index (χ2n) is 4.40. The van der Waals surface area contributed by atoms with Crippen molar-refractivity contribution in [3.05, 3.63) is 0 Å². The summed E-state index contributed by atoms with van der Waals surface area (Å²) in [5.41, 5.74) is 0. The summed E-state index contributed by atoms with van der Waals surface area (Å²) in [6.45, 7) is 1.41. The van der Waals surface area contributed by atoms with Gasteiger partial charge in [0.2, 0.25) is 5.16 Å². The van der Waals surface area contributed by atoms with Gasteiger partial charge in [0.05, 0.1) is 14.2 Å². The number of aromatic nitrogens is 3. The molecule has 0 aliphatic heterocycles. The van der Waals surface area contributed by atoms with Crippen LogP contribution in [0.15, 0.2) is 5.16 Å². The molecule has 0 spiro atoms. The first kappa shape index (κ1) is 14.8. The third-order valence-corrected chi connectivity index (χ3v) is 4.14. The van der Waals surface area contributed by atoms with Gasteiger partial charge in [0, 0.05) is 6.92 Å². The number of carbonyl (C=O) groups excluding carboxylic acids is 1. The Kier molecular flexibility index (Phi) is 4.64. The lowest BCUT2D eigenvalue weighted by atomic mass is 10.3.